The Morgan fingerprint density at radius 2 is 1.70 bits per heavy atom. The van der Waals surface area contributed by atoms with Gasteiger partial charge in [0.1, 0.15) is 40.7 Å². The van der Waals surface area contributed by atoms with Gasteiger partial charge in [-0.3, -0.25) is 14.4 Å². The summed E-state index contributed by atoms with van der Waals surface area (Å²) in [6, 6.07) is 29.0. The van der Waals surface area contributed by atoms with E-state index in [1.165, 1.54) is 25.7 Å². The van der Waals surface area contributed by atoms with Gasteiger partial charge in [-0.15, -0.1) is 0 Å². The predicted molar refractivity (Wildman–Crippen MR) is 351 cm³/mol. The third kappa shape index (κ3) is 12.4. The van der Waals surface area contributed by atoms with E-state index in [1.54, 1.807) is 24.3 Å². The highest BCUT2D eigenvalue weighted by Crippen LogP contribution is 2.53. The maximum Gasteiger partial charge on any atom is 0.302 e. The molecule has 13 rings (SSSR count). The fourth-order valence-electron chi connectivity index (χ4n) is 15.7. The summed E-state index contributed by atoms with van der Waals surface area (Å²) in [6.07, 6.45) is 24.1. The second-order valence-electron chi connectivity index (χ2n) is 25.9. The molecule has 2 aromatic heterocycles. The van der Waals surface area contributed by atoms with Crippen molar-refractivity contribution in [3.63, 3.8) is 0 Å². The first-order valence-corrected chi connectivity index (χ1v) is 32.5. The summed E-state index contributed by atoms with van der Waals surface area (Å²) < 4.78 is 20.9. The van der Waals surface area contributed by atoms with Gasteiger partial charge in [0.05, 0.1) is 30.9 Å². The molecule has 4 heterocycles. The van der Waals surface area contributed by atoms with Crippen LogP contribution in [0.25, 0.3) is 10.8 Å². The number of esters is 1. The number of aromatic amines is 1. The molecule has 6 aliphatic rings. The number of phenols is 3. The minimum absolute atomic E-state index is 0.0104. The number of nitrogens with one attached hydrogen (secondary N) is 2. The summed E-state index contributed by atoms with van der Waals surface area (Å²) in [5, 5.41) is 52.0. The van der Waals surface area contributed by atoms with Gasteiger partial charge < -0.3 is 54.4 Å². The number of aryl methyl sites for hydroxylation is 1. The van der Waals surface area contributed by atoms with Crippen LogP contribution in [0.15, 0.2) is 163 Å². The van der Waals surface area contributed by atoms with Gasteiger partial charge in [0, 0.05) is 104 Å². The molecule has 4 aliphatic carbocycles. The van der Waals surface area contributed by atoms with Crippen LogP contribution in [0.3, 0.4) is 0 Å². The van der Waals surface area contributed by atoms with Crippen LogP contribution in [0, 0.1) is 29.1 Å². The first kappa shape index (κ1) is 60.7. The molecule has 1 saturated carbocycles. The van der Waals surface area contributed by atoms with E-state index in [0.29, 0.717) is 63.6 Å². The van der Waals surface area contributed by atoms with Gasteiger partial charge in [0.25, 0.3) is 0 Å². The number of anilines is 1. The van der Waals surface area contributed by atoms with Crippen LogP contribution in [0.1, 0.15) is 160 Å². The number of ketones is 2. The Hall–Kier alpha value is -9.19. The Labute approximate surface area is 532 Å². The number of hydrogen-bond acceptors (Lipinski definition) is 12. The quantitative estimate of drug-likeness (QED) is 0.0501. The van der Waals surface area contributed by atoms with Gasteiger partial charge in [-0.1, -0.05) is 116 Å². The number of ether oxygens (including phenoxy) is 3. The zero-order valence-electron chi connectivity index (χ0n) is 52.1. The first-order chi connectivity index (χ1) is 44.2. The smallest absolute Gasteiger partial charge is 0.302 e. The minimum Gasteiger partial charge on any atom is -0.508 e. The maximum absolute atomic E-state index is 15.5. The topological polar surface area (TPSA) is 196 Å². The minimum atomic E-state index is -0.791. The maximum atomic E-state index is 15.5. The molecule has 7 atom stereocenters. The summed E-state index contributed by atoms with van der Waals surface area (Å²) in [5.74, 6) is 7.50. The molecule has 7 aromatic rings. The molecule has 14 nitrogen and oxygen atoms in total. The van der Waals surface area contributed by atoms with Crippen LogP contribution in [0.2, 0.25) is 0 Å². The summed E-state index contributed by atoms with van der Waals surface area (Å²) >= 11 is 0. The largest absolute Gasteiger partial charge is 0.508 e. The zero-order chi connectivity index (χ0) is 62.9. The average molecular weight is 1220 g/mol. The molecule has 0 radical (unpaired) electrons. The van der Waals surface area contributed by atoms with Crippen molar-refractivity contribution in [3.05, 3.63) is 208 Å². The lowest BCUT2D eigenvalue weighted by Gasteiger charge is -2.43. The molecule has 6 bridgehead atoms. The van der Waals surface area contributed by atoms with E-state index in [4.69, 9.17) is 14.2 Å². The second-order valence-corrected chi connectivity index (χ2v) is 25.9. The Balaban J connectivity index is 0.998. The Kier molecular flexibility index (Phi) is 17.3. The number of rotatable bonds is 12. The molecule has 14 heteroatoms. The van der Waals surface area contributed by atoms with Crippen LogP contribution < -0.4 is 19.7 Å². The lowest BCUT2D eigenvalue weighted by Crippen LogP contribution is -2.37. The molecule has 5 aromatic carbocycles. The SMILES string of the molecule is COc1cc([C@H]2CC(=O)C[C@H](OC(C)=O)CC[C@@]34Cc5c[nH]cc5[C@@H](C#CCC3=CC=C[C@@H]4C)[C@@H](c3cccc(O)c3)C3=CCNC(=C3)N(CCC(=O)C3CCCCC3)c3ccc4c5c(n2cc35)CC[C@@H]4O)cc(O)c1Oc1cc(O)cc(Cc2ccccc2)c1. The van der Waals surface area contributed by atoms with Gasteiger partial charge in [-0.25, -0.2) is 0 Å². The number of fused-ring (bicyclic) bond motifs is 3. The van der Waals surface area contributed by atoms with Crippen LogP contribution in [0.4, 0.5) is 5.69 Å². The number of carbonyl (C=O) groups is 3. The molecule has 2 aliphatic heterocycles. The lowest BCUT2D eigenvalue weighted by atomic mass is 9.61. The van der Waals surface area contributed by atoms with Crippen molar-refractivity contribution in [1.82, 2.24) is 14.9 Å². The third-order valence-corrected chi connectivity index (χ3v) is 20.2. The van der Waals surface area contributed by atoms with Gasteiger partial charge in [-0.2, -0.15) is 0 Å². The molecule has 1 spiro atoms. The van der Waals surface area contributed by atoms with E-state index in [0.717, 1.165) is 99.0 Å². The Morgan fingerprint density at radius 1 is 0.857 bits per heavy atom. The molecular formula is C77H80N4O10. The number of carbonyl (C=O) groups excluding carboxylic acids is 3. The number of aliphatic hydroxyl groups is 1. The molecule has 468 valence electrons. The number of allylic oxidation sites excluding steroid dienone is 6. The van der Waals surface area contributed by atoms with E-state index < -0.39 is 29.6 Å². The van der Waals surface area contributed by atoms with Crippen molar-refractivity contribution in [2.24, 2.45) is 17.3 Å². The lowest BCUT2D eigenvalue weighted by molar-refractivity contribution is -0.148. The Bertz CT molecular complexity index is 4130. The van der Waals surface area contributed by atoms with Gasteiger partial charge >= 0.3 is 5.97 Å². The van der Waals surface area contributed by atoms with Crippen molar-refractivity contribution in [2.75, 3.05) is 25.1 Å². The highest BCUT2D eigenvalue weighted by atomic mass is 16.5. The highest BCUT2D eigenvalue weighted by Gasteiger charge is 2.43. The number of Topliss-reactive ketones (excluding diaryl/α,β-unsaturated/α-hetero) is 2. The fourth-order valence-corrected chi connectivity index (χ4v) is 15.7. The molecule has 1 fully saturated rings. The van der Waals surface area contributed by atoms with E-state index in [-0.39, 0.29) is 89.0 Å². The van der Waals surface area contributed by atoms with E-state index in [2.05, 4.69) is 93.6 Å². The van der Waals surface area contributed by atoms with Gasteiger partial charge in [0.15, 0.2) is 11.5 Å². The van der Waals surface area contributed by atoms with Crippen LogP contribution in [-0.4, -0.2) is 73.8 Å². The van der Waals surface area contributed by atoms with Crippen molar-refractivity contribution in [3.8, 4) is 46.3 Å². The number of benzene rings is 5. The molecule has 0 amide bonds. The van der Waals surface area contributed by atoms with Crippen LogP contribution >= 0.6 is 0 Å². The van der Waals surface area contributed by atoms with Crippen LogP contribution in [0.5, 0.6) is 34.5 Å². The monoisotopic (exact) mass is 1220 g/mol. The van der Waals surface area contributed by atoms with Crippen LogP contribution in [-0.2, 0) is 38.4 Å². The molecular weight excluding hydrogens is 1140 g/mol. The number of H-pyrrole nitrogens is 1. The van der Waals surface area contributed by atoms with Crippen molar-refractivity contribution >= 4 is 34.0 Å². The predicted octanol–water partition coefficient (Wildman–Crippen LogP) is 14.5. The number of phenolic OH excluding ortho intramolecular Hbond substituents is 3. The number of hydrogen-bond donors (Lipinski definition) is 6. The normalized spacial score (nSPS) is 23.4. The fraction of sp³-hybridized carbons (Fsp3) is 0.364. The highest BCUT2D eigenvalue weighted by molar-refractivity contribution is 6.00. The van der Waals surface area contributed by atoms with Crippen molar-refractivity contribution in [2.45, 2.75) is 140 Å². The number of aliphatic hydroxyl groups excluding tert-OH is 1. The van der Waals surface area contributed by atoms with E-state index in [9.17, 15) is 30.0 Å². The third-order valence-electron chi connectivity index (χ3n) is 20.2. The first-order valence-electron chi connectivity index (χ1n) is 32.5. The molecule has 91 heavy (non-hydrogen) atoms. The second kappa shape index (κ2) is 26.0. The summed E-state index contributed by atoms with van der Waals surface area (Å²) in [4.78, 5) is 49.0. The summed E-state index contributed by atoms with van der Waals surface area (Å²) in [5.41, 5.74) is 9.51. The number of aromatic hydroxyl groups is 3. The number of nitrogens with zero attached hydrogens (tertiary/aromatic N) is 2. The molecule has 0 saturated heterocycles. The Morgan fingerprint density at radius 3 is 2.52 bits per heavy atom. The molecule has 0 unspecified atom stereocenters. The van der Waals surface area contributed by atoms with Gasteiger partial charge in [-0.05, 0) is 150 Å². The zero-order valence-corrected chi connectivity index (χ0v) is 52.1. The van der Waals surface area contributed by atoms with E-state index >= 15 is 4.79 Å². The van der Waals surface area contributed by atoms with Gasteiger partial charge in [0.2, 0.25) is 5.75 Å². The number of aromatic nitrogens is 2. The van der Waals surface area contributed by atoms with E-state index in [1.807, 2.05) is 60.7 Å². The summed E-state index contributed by atoms with van der Waals surface area (Å²) in [6.45, 7) is 4.41. The summed E-state index contributed by atoms with van der Waals surface area (Å²) in [7, 11) is 1.49. The van der Waals surface area contributed by atoms with Crippen molar-refractivity contribution < 1.29 is 49.0 Å². The number of methoxy groups -OCH3 is 1. The number of dihydropyridines is 1. The molecule has 6 N–H and O–H groups in total. The average Bonchev–Trinajstić information content (AvgIpc) is 1.63. The standard InChI is InChI=1S/C77H80N4O10/c1-47-13-10-19-56-20-12-22-62-64-45-78-44-55(64)43-77(47,56)30-27-60(90-48(2)82)40-59(85)42-68(54-37-71(88)76(72(38-54)89-3)91-61-35-50(34-58(84)41-61)33-49-14-6-4-7-15-49)81-46-65-66(24-23-63-70(87)26-25-67(81)75(63)65)80(32-29-69(86)51-16-8-5-9-17-51)73-39-53(28-31-79-73)74(62)52-18-11-21-57(83)36-52/h4,6-7,10-11,13-15,18-19,21,23-24,28,34-39,41,44-47,51,60,62,68,70,74,78-79,83-84,87-88H,5,8-9,16-17,20,25-27,29-33,40,42-43H2,1-3H3/t47-,60+,62+,68+,70-,74-,77-/m0/s1. The van der Waals surface area contributed by atoms with Crippen molar-refractivity contribution in [1.29, 1.82) is 0 Å².